The van der Waals surface area contributed by atoms with Crippen LogP contribution in [-0.4, -0.2) is 45.1 Å². The van der Waals surface area contributed by atoms with Crippen molar-refractivity contribution in [1.29, 1.82) is 0 Å². The van der Waals surface area contributed by atoms with Crippen LogP contribution in [0.15, 0.2) is 59.1 Å². The van der Waals surface area contributed by atoms with E-state index in [1.54, 1.807) is 29.2 Å². The van der Waals surface area contributed by atoms with Gasteiger partial charge in [-0.05, 0) is 42.7 Å². The van der Waals surface area contributed by atoms with Gasteiger partial charge < -0.3 is 14.5 Å². The molecule has 0 bridgehead atoms. The number of amides is 1. The topological polar surface area (TPSA) is 96.5 Å². The Bertz CT molecular complexity index is 1040. The third-order valence-electron chi connectivity index (χ3n) is 5.80. The molecule has 1 N–H and O–H groups in total. The number of likely N-dealkylation sites (tertiary alicyclic amines) is 1. The van der Waals surface area contributed by atoms with Crippen LogP contribution in [-0.2, 0) is 16.6 Å². The van der Waals surface area contributed by atoms with E-state index >= 15 is 0 Å². The number of rotatable bonds is 5. The normalized spacial score (nSPS) is 15.7. The summed E-state index contributed by atoms with van der Waals surface area (Å²) in [5.41, 5.74) is 1.15. The van der Waals surface area contributed by atoms with Crippen molar-refractivity contribution in [3.05, 3.63) is 71.5 Å². The van der Waals surface area contributed by atoms with Crippen LogP contribution < -0.4 is 0 Å². The van der Waals surface area contributed by atoms with Crippen molar-refractivity contribution in [3.63, 3.8) is 0 Å². The Hall–Kier alpha value is -3.48. The largest absolute Gasteiger partial charge is 0.481 e. The molecule has 0 aliphatic carbocycles. The second-order valence-electron chi connectivity index (χ2n) is 7.49. The third kappa shape index (κ3) is 3.58. The van der Waals surface area contributed by atoms with Crippen molar-refractivity contribution in [2.75, 3.05) is 13.1 Å². The summed E-state index contributed by atoms with van der Waals surface area (Å²) < 4.78 is 5.23. The number of aromatic nitrogens is 2. The van der Waals surface area contributed by atoms with Gasteiger partial charge in [-0.1, -0.05) is 42.4 Å². The number of hydrogen-bond acceptors (Lipinski definition) is 5. The fraction of sp³-hybridized carbons (Fsp3) is 0.304. The number of hydrogen-bond donors (Lipinski definition) is 1. The Balaban J connectivity index is 1.47. The molecule has 4 rings (SSSR count). The lowest BCUT2D eigenvalue weighted by atomic mass is 9.73. The van der Waals surface area contributed by atoms with E-state index in [4.69, 9.17) is 4.52 Å². The number of carboxylic acid groups (broad SMARTS) is 1. The van der Waals surface area contributed by atoms with Gasteiger partial charge in [-0.3, -0.25) is 9.59 Å². The Morgan fingerprint density at radius 1 is 1.07 bits per heavy atom. The first-order valence-electron chi connectivity index (χ1n) is 10.0. The zero-order valence-electron chi connectivity index (χ0n) is 16.7. The van der Waals surface area contributed by atoms with Crippen LogP contribution >= 0.6 is 0 Å². The zero-order chi connectivity index (χ0) is 21.1. The van der Waals surface area contributed by atoms with E-state index in [0.717, 1.165) is 11.1 Å². The van der Waals surface area contributed by atoms with Crippen LogP contribution in [0.4, 0.5) is 0 Å². The van der Waals surface area contributed by atoms with Crippen molar-refractivity contribution >= 4 is 11.9 Å². The van der Waals surface area contributed by atoms with E-state index in [1.807, 2.05) is 37.3 Å². The molecular weight excluding hydrogens is 382 g/mol. The lowest BCUT2D eigenvalue weighted by molar-refractivity contribution is -0.145. The molecular formula is C23H23N3O4. The molecule has 1 amide bonds. The quantitative estimate of drug-likeness (QED) is 0.697. The van der Waals surface area contributed by atoms with E-state index in [2.05, 4.69) is 10.1 Å². The van der Waals surface area contributed by atoms with Gasteiger partial charge in [0.05, 0.1) is 5.41 Å². The minimum atomic E-state index is -0.948. The fourth-order valence-corrected chi connectivity index (χ4v) is 3.93. The van der Waals surface area contributed by atoms with E-state index in [0.29, 0.717) is 49.6 Å². The summed E-state index contributed by atoms with van der Waals surface area (Å²) in [7, 11) is 0. The summed E-state index contributed by atoms with van der Waals surface area (Å²) in [6, 6.07) is 16.3. The second-order valence-corrected chi connectivity index (χ2v) is 7.49. The first kappa shape index (κ1) is 19.8. The third-order valence-corrected chi connectivity index (χ3v) is 5.80. The second kappa shape index (κ2) is 8.10. The maximum Gasteiger partial charge on any atom is 0.314 e. The number of nitrogens with zero attached hydrogens (tertiary/aromatic N) is 3. The summed E-state index contributed by atoms with van der Waals surface area (Å²) in [6.45, 7) is 2.74. The predicted molar refractivity (Wildman–Crippen MR) is 110 cm³/mol. The van der Waals surface area contributed by atoms with Gasteiger partial charge in [0.1, 0.15) is 0 Å². The molecule has 1 saturated heterocycles. The van der Waals surface area contributed by atoms with Crippen LogP contribution in [0.25, 0.3) is 11.5 Å². The van der Waals surface area contributed by atoms with E-state index in [1.165, 1.54) is 0 Å². The molecule has 7 heteroatoms. The Morgan fingerprint density at radius 2 is 1.73 bits per heavy atom. The maximum absolute atomic E-state index is 12.9. The molecule has 154 valence electrons. The van der Waals surface area contributed by atoms with Crippen LogP contribution in [0.2, 0.25) is 0 Å². The van der Waals surface area contributed by atoms with Crippen molar-refractivity contribution in [1.82, 2.24) is 15.0 Å². The molecule has 1 fully saturated rings. The predicted octanol–water partition coefficient (Wildman–Crippen LogP) is 3.56. The highest BCUT2D eigenvalue weighted by atomic mass is 16.5. The first-order chi connectivity index (χ1) is 14.5. The average molecular weight is 405 g/mol. The molecule has 3 aromatic rings. The lowest BCUT2D eigenvalue weighted by Gasteiger charge is -2.39. The highest BCUT2D eigenvalue weighted by molar-refractivity contribution is 5.95. The molecule has 0 unspecified atom stereocenters. The lowest BCUT2D eigenvalue weighted by Crippen LogP contribution is -2.49. The average Bonchev–Trinajstić information content (AvgIpc) is 3.29. The highest BCUT2D eigenvalue weighted by Gasteiger charge is 2.43. The molecule has 0 spiro atoms. The monoisotopic (exact) mass is 405 g/mol. The molecule has 2 aromatic carbocycles. The van der Waals surface area contributed by atoms with Crippen molar-refractivity contribution in [2.24, 2.45) is 0 Å². The summed E-state index contributed by atoms with van der Waals surface area (Å²) in [6.07, 6.45) is 1.46. The molecule has 1 aliphatic rings. The molecule has 1 aliphatic heterocycles. The van der Waals surface area contributed by atoms with E-state index in [9.17, 15) is 14.7 Å². The van der Waals surface area contributed by atoms with Gasteiger partial charge in [0.2, 0.25) is 0 Å². The van der Waals surface area contributed by atoms with E-state index in [-0.39, 0.29) is 5.91 Å². The summed E-state index contributed by atoms with van der Waals surface area (Å²) in [5, 5.41) is 13.8. The number of carboxylic acids is 1. The van der Waals surface area contributed by atoms with Crippen molar-refractivity contribution in [2.45, 2.75) is 31.6 Å². The number of aryl methyl sites for hydroxylation is 1. The minimum absolute atomic E-state index is 0.103. The van der Waals surface area contributed by atoms with Crippen LogP contribution in [0.1, 0.15) is 41.5 Å². The Morgan fingerprint density at radius 3 is 2.30 bits per heavy atom. The first-order valence-corrected chi connectivity index (χ1v) is 10.0. The summed E-state index contributed by atoms with van der Waals surface area (Å²) in [4.78, 5) is 31.1. The van der Waals surface area contributed by atoms with Gasteiger partial charge in [-0.25, -0.2) is 0 Å². The van der Waals surface area contributed by atoms with Gasteiger partial charge in [0, 0.05) is 30.6 Å². The SMILES string of the molecule is CCc1noc(-c2ccc(C(=O)N3CCC(C(=O)O)(c4ccccc4)CC3)cc2)n1. The summed E-state index contributed by atoms with van der Waals surface area (Å²) >= 11 is 0. The number of carbonyl (C=O) groups excluding carboxylic acids is 1. The van der Waals surface area contributed by atoms with Gasteiger partial charge in [0.15, 0.2) is 5.82 Å². The number of benzene rings is 2. The molecule has 1 aromatic heterocycles. The van der Waals surface area contributed by atoms with Gasteiger partial charge in [-0.2, -0.15) is 4.98 Å². The minimum Gasteiger partial charge on any atom is -0.481 e. The fourth-order valence-electron chi connectivity index (χ4n) is 3.93. The van der Waals surface area contributed by atoms with Crippen molar-refractivity contribution in [3.8, 4) is 11.5 Å². The molecule has 2 heterocycles. The Labute approximate surface area is 174 Å². The smallest absolute Gasteiger partial charge is 0.314 e. The van der Waals surface area contributed by atoms with Gasteiger partial charge in [-0.15, -0.1) is 0 Å². The molecule has 0 radical (unpaired) electrons. The molecule has 7 nitrogen and oxygen atoms in total. The van der Waals surface area contributed by atoms with Gasteiger partial charge in [0.25, 0.3) is 11.8 Å². The molecule has 30 heavy (non-hydrogen) atoms. The number of piperidine rings is 1. The number of carbonyl (C=O) groups is 2. The molecule has 0 atom stereocenters. The molecule has 0 saturated carbocycles. The van der Waals surface area contributed by atoms with Gasteiger partial charge >= 0.3 is 5.97 Å². The van der Waals surface area contributed by atoms with Crippen LogP contribution in [0.3, 0.4) is 0 Å². The van der Waals surface area contributed by atoms with Crippen molar-refractivity contribution < 1.29 is 19.2 Å². The summed E-state index contributed by atoms with van der Waals surface area (Å²) in [5.74, 6) is 0.126. The van der Waals surface area contributed by atoms with Crippen LogP contribution in [0.5, 0.6) is 0 Å². The zero-order valence-corrected chi connectivity index (χ0v) is 16.7. The Kier molecular flexibility index (Phi) is 5.35. The maximum atomic E-state index is 12.9. The standard InChI is InChI=1S/C23H23N3O4/c1-2-19-24-20(30-25-19)16-8-10-17(11-9-16)21(27)26-14-12-23(13-15-26,22(28)29)18-6-4-3-5-7-18/h3-11H,2,12-15H2,1H3,(H,28,29). The van der Waals surface area contributed by atoms with Crippen LogP contribution in [0, 0.1) is 0 Å². The number of aliphatic carboxylic acids is 1. The highest BCUT2D eigenvalue weighted by Crippen LogP contribution is 2.36. The van der Waals surface area contributed by atoms with E-state index < -0.39 is 11.4 Å².